The largest absolute Gasteiger partial charge is 0.489 e. The number of rotatable bonds is 5. The van der Waals surface area contributed by atoms with Gasteiger partial charge in [-0.05, 0) is 37.1 Å². The fourth-order valence-corrected chi connectivity index (χ4v) is 5.36. The van der Waals surface area contributed by atoms with Crippen LogP contribution in [0.25, 0.3) is 0 Å². The van der Waals surface area contributed by atoms with Gasteiger partial charge in [0.15, 0.2) is 0 Å². The van der Waals surface area contributed by atoms with Crippen molar-refractivity contribution in [1.82, 2.24) is 9.29 Å². The molecule has 6 nitrogen and oxygen atoms in total. The fourth-order valence-electron chi connectivity index (χ4n) is 3.71. The van der Waals surface area contributed by atoms with Crippen LogP contribution in [0.15, 0.2) is 47.5 Å². The van der Waals surface area contributed by atoms with Gasteiger partial charge < -0.3 is 9.64 Å². The van der Waals surface area contributed by atoms with E-state index in [1.54, 1.807) is 16.4 Å². The van der Waals surface area contributed by atoms with Gasteiger partial charge in [0.2, 0.25) is 10.0 Å². The number of ether oxygens (including phenoxy) is 1. The van der Waals surface area contributed by atoms with Crippen LogP contribution >= 0.6 is 11.6 Å². The van der Waals surface area contributed by atoms with E-state index in [1.165, 1.54) is 6.20 Å². The van der Waals surface area contributed by atoms with Crippen molar-refractivity contribution < 1.29 is 13.2 Å². The molecule has 0 unspecified atom stereocenters. The molecule has 0 saturated carbocycles. The molecule has 2 saturated heterocycles. The summed E-state index contributed by atoms with van der Waals surface area (Å²) < 4.78 is 32.8. The molecule has 3 heterocycles. The van der Waals surface area contributed by atoms with E-state index in [-0.39, 0.29) is 11.0 Å². The first-order chi connectivity index (χ1) is 13.5. The lowest BCUT2D eigenvalue weighted by atomic mass is 10.1. The number of halogens is 1. The van der Waals surface area contributed by atoms with Crippen LogP contribution < -0.4 is 9.64 Å². The maximum Gasteiger partial charge on any atom is 0.244 e. The number of sulfonamides is 1. The molecule has 2 aliphatic rings. The number of anilines is 1. The van der Waals surface area contributed by atoms with Gasteiger partial charge in [-0.25, -0.2) is 13.4 Å². The first-order valence-corrected chi connectivity index (χ1v) is 11.5. The summed E-state index contributed by atoms with van der Waals surface area (Å²) in [6.45, 7) is 2.81. The molecule has 4 rings (SSSR count). The van der Waals surface area contributed by atoms with Crippen LogP contribution in [-0.4, -0.2) is 50.0 Å². The minimum absolute atomic E-state index is 0.117. The second-order valence-electron chi connectivity index (χ2n) is 7.20. The minimum Gasteiger partial charge on any atom is -0.489 e. The monoisotopic (exact) mass is 421 g/mol. The van der Waals surface area contributed by atoms with Gasteiger partial charge >= 0.3 is 0 Å². The van der Waals surface area contributed by atoms with Crippen molar-refractivity contribution in [1.29, 1.82) is 0 Å². The summed E-state index contributed by atoms with van der Waals surface area (Å²) in [6.07, 6.45) is 5.17. The number of nitrogens with zero attached hydrogens (tertiary/aromatic N) is 3. The Bertz CT molecular complexity index is 907. The van der Waals surface area contributed by atoms with Crippen LogP contribution in [0, 0.1) is 0 Å². The highest BCUT2D eigenvalue weighted by molar-refractivity contribution is 7.89. The molecule has 2 fully saturated rings. The number of hydrogen-bond acceptors (Lipinski definition) is 5. The van der Waals surface area contributed by atoms with Gasteiger partial charge in [-0.15, -0.1) is 0 Å². The van der Waals surface area contributed by atoms with Crippen molar-refractivity contribution in [2.75, 3.05) is 31.1 Å². The molecule has 2 aliphatic heterocycles. The number of hydrogen-bond donors (Lipinski definition) is 0. The van der Waals surface area contributed by atoms with Gasteiger partial charge in [-0.2, -0.15) is 4.31 Å². The third kappa shape index (κ3) is 4.11. The smallest absolute Gasteiger partial charge is 0.244 e. The molecule has 28 heavy (non-hydrogen) atoms. The van der Waals surface area contributed by atoms with Crippen LogP contribution in [-0.2, 0) is 10.0 Å². The SMILES string of the molecule is O=S(=O)(c1ccc(N2CCC(Oc3ccccc3Cl)CC2)nc1)N1CCCC1. The van der Waals surface area contributed by atoms with Crippen molar-refractivity contribution in [3.8, 4) is 5.75 Å². The molecule has 0 spiro atoms. The predicted octanol–water partition coefficient (Wildman–Crippen LogP) is 3.57. The molecule has 0 bridgehead atoms. The molecule has 150 valence electrons. The van der Waals surface area contributed by atoms with Gasteiger partial charge in [-0.3, -0.25) is 0 Å². The Labute approximate surface area is 171 Å². The Morgan fingerprint density at radius 3 is 2.36 bits per heavy atom. The lowest BCUT2D eigenvalue weighted by molar-refractivity contribution is 0.171. The number of para-hydroxylation sites is 1. The highest BCUT2D eigenvalue weighted by Crippen LogP contribution is 2.28. The molecule has 0 radical (unpaired) electrons. The zero-order valence-electron chi connectivity index (χ0n) is 15.6. The summed E-state index contributed by atoms with van der Waals surface area (Å²) in [6, 6.07) is 11.0. The summed E-state index contributed by atoms with van der Waals surface area (Å²) in [5, 5.41) is 0.626. The topological polar surface area (TPSA) is 62.7 Å². The summed E-state index contributed by atoms with van der Waals surface area (Å²) in [5.74, 6) is 1.52. The molecule has 1 aromatic heterocycles. The third-order valence-electron chi connectivity index (χ3n) is 5.32. The first-order valence-electron chi connectivity index (χ1n) is 9.66. The van der Waals surface area contributed by atoms with E-state index in [4.69, 9.17) is 16.3 Å². The molecule has 0 N–H and O–H groups in total. The summed E-state index contributed by atoms with van der Waals surface area (Å²) in [7, 11) is -3.41. The predicted molar refractivity (Wildman–Crippen MR) is 110 cm³/mol. The number of aromatic nitrogens is 1. The average molecular weight is 422 g/mol. The highest BCUT2D eigenvalue weighted by Gasteiger charge is 2.28. The summed E-state index contributed by atoms with van der Waals surface area (Å²) in [5.41, 5.74) is 0. The zero-order valence-corrected chi connectivity index (χ0v) is 17.2. The van der Waals surface area contributed by atoms with Crippen molar-refractivity contribution in [3.63, 3.8) is 0 Å². The van der Waals surface area contributed by atoms with Crippen molar-refractivity contribution in [3.05, 3.63) is 47.6 Å². The number of piperidine rings is 1. The minimum atomic E-state index is -3.41. The van der Waals surface area contributed by atoms with Crippen LogP contribution in [0.3, 0.4) is 0 Å². The maximum absolute atomic E-state index is 12.6. The number of pyridine rings is 1. The molecule has 2 aromatic rings. The quantitative estimate of drug-likeness (QED) is 0.738. The van der Waals surface area contributed by atoms with Crippen LogP contribution in [0.5, 0.6) is 5.75 Å². The maximum atomic E-state index is 12.6. The second-order valence-corrected chi connectivity index (χ2v) is 9.54. The number of benzene rings is 1. The Hall–Kier alpha value is -1.83. The molecule has 0 amide bonds. The first kappa shape index (κ1) is 19.5. The van der Waals surface area contributed by atoms with Crippen molar-refractivity contribution >= 4 is 27.4 Å². The van der Waals surface area contributed by atoms with E-state index in [1.807, 2.05) is 24.3 Å². The van der Waals surface area contributed by atoms with Crippen LogP contribution in [0.4, 0.5) is 5.82 Å². The van der Waals surface area contributed by atoms with Gasteiger partial charge in [0.25, 0.3) is 0 Å². The molecular formula is C20H24ClN3O3S. The molecular weight excluding hydrogens is 398 g/mol. The Morgan fingerprint density at radius 1 is 1.00 bits per heavy atom. The highest BCUT2D eigenvalue weighted by atomic mass is 35.5. The average Bonchev–Trinajstić information content (AvgIpc) is 3.26. The van der Waals surface area contributed by atoms with Gasteiger partial charge in [0.1, 0.15) is 22.6 Å². The third-order valence-corrected chi connectivity index (χ3v) is 7.51. The standard InChI is InChI=1S/C20H24ClN3O3S/c21-18-5-1-2-6-19(18)27-16-9-13-23(14-10-16)20-8-7-17(15-22-20)28(25,26)24-11-3-4-12-24/h1-2,5-8,15-16H,3-4,9-14H2. The Balaban J connectivity index is 1.36. The van der Waals surface area contributed by atoms with E-state index in [0.717, 1.165) is 50.3 Å². The normalized spacial score (nSPS) is 19.1. The van der Waals surface area contributed by atoms with Crippen molar-refractivity contribution in [2.24, 2.45) is 0 Å². The van der Waals surface area contributed by atoms with Crippen molar-refractivity contribution in [2.45, 2.75) is 36.7 Å². The van der Waals surface area contributed by atoms with Gasteiger partial charge in [-0.1, -0.05) is 23.7 Å². The summed E-state index contributed by atoms with van der Waals surface area (Å²) >= 11 is 6.17. The Morgan fingerprint density at radius 2 is 1.71 bits per heavy atom. The van der Waals surface area contributed by atoms with Gasteiger partial charge in [0, 0.05) is 45.2 Å². The van der Waals surface area contributed by atoms with E-state index in [9.17, 15) is 8.42 Å². The van der Waals surface area contributed by atoms with Gasteiger partial charge in [0.05, 0.1) is 5.02 Å². The fraction of sp³-hybridized carbons (Fsp3) is 0.450. The molecule has 0 aliphatic carbocycles. The summed E-state index contributed by atoms with van der Waals surface area (Å²) in [4.78, 5) is 6.86. The molecule has 1 aromatic carbocycles. The lowest BCUT2D eigenvalue weighted by Crippen LogP contribution is -2.38. The van der Waals surface area contributed by atoms with E-state index < -0.39 is 10.0 Å². The molecule has 0 atom stereocenters. The van der Waals surface area contributed by atoms with E-state index in [0.29, 0.717) is 18.1 Å². The lowest BCUT2D eigenvalue weighted by Gasteiger charge is -2.33. The molecule has 8 heteroatoms. The van der Waals surface area contributed by atoms with Crippen LogP contribution in [0.1, 0.15) is 25.7 Å². The van der Waals surface area contributed by atoms with E-state index in [2.05, 4.69) is 9.88 Å². The Kier molecular flexibility index (Phi) is 5.75. The van der Waals surface area contributed by atoms with Crippen LogP contribution in [0.2, 0.25) is 5.02 Å². The zero-order chi connectivity index (χ0) is 19.6. The van der Waals surface area contributed by atoms with E-state index >= 15 is 0 Å². The second kappa shape index (κ2) is 8.27.